The summed E-state index contributed by atoms with van der Waals surface area (Å²) < 4.78 is 4.92. The van der Waals surface area contributed by atoms with E-state index in [0.717, 1.165) is 43.7 Å². The molecule has 0 radical (unpaired) electrons. The lowest BCUT2D eigenvalue weighted by Gasteiger charge is -2.14. The van der Waals surface area contributed by atoms with Crippen molar-refractivity contribution in [3.8, 4) is 6.01 Å². The molecule has 2 aromatic rings. The normalized spacial score (nSPS) is 13.4. The Morgan fingerprint density at radius 2 is 2.00 bits per heavy atom. The molecule has 29 heavy (non-hydrogen) atoms. The zero-order valence-electron chi connectivity index (χ0n) is 16.6. The minimum absolute atomic E-state index is 0.0515. The second-order valence-electron chi connectivity index (χ2n) is 7.23. The fraction of sp³-hybridized carbons (Fsp3) is 0.476. The molecule has 0 spiro atoms. The van der Waals surface area contributed by atoms with Crippen LogP contribution in [0.25, 0.3) is 0 Å². The van der Waals surface area contributed by atoms with Crippen LogP contribution in [0.15, 0.2) is 24.5 Å². The van der Waals surface area contributed by atoms with Gasteiger partial charge >= 0.3 is 12.0 Å². The maximum atomic E-state index is 12.4. The maximum Gasteiger partial charge on any atom is 0.316 e. The van der Waals surface area contributed by atoms with Gasteiger partial charge in [0.1, 0.15) is 11.6 Å². The van der Waals surface area contributed by atoms with Crippen LogP contribution >= 0.6 is 0 Å². The van der Waals surface area contributed by atoms with Gasteiger partial charge in [-0.3, -0.25) is 9.59 Å². The van der Waals surface area contributed by atoms with E-state index in [1.807, 2.05) is 0 Å². The highest BCUT2D eigenvalue weighted by Crippen LogP contribution is 2.25. The van der Waals surface area contributed by atoms with Crippen molar-refractivity contribution < 1.29 is 19.4 Å². The van der Waals surface area contributed by atoms with E-state index in [0.29, 0.717) is 12.0 Å². The minimum atomic E-state index is -0.949. The monoisotopic (exact) mass is 398 g/mol. The number of anilines is 1. The van der Waals surface area contributed by atoms with Gasteiger partial charge in [0.05, 0.1) is 13.5 Å². The summed E-state index contributed by atoms with van der Waals surface area (Å²) in [6, 6.07) is 4.39. The first-order chi connectivity index (χ1) is 14.0. The number of ether oxygens (including phenoxy) is 1. The molecule has 0 aliphatic carbocycles. The third-order valence-corrected chi connectivity index (χ3v) is 5.06. The largest absolute Gasteiger partial charge is 0.481 e. The molecule has 1 atom stereocenters. The number of methoxy groups -OCH3 is 1. The summed E-state index contributed by atoms with van der Waals surface area (Å²) in [4.78, 5) is 36.3. The standard InChI is InChI=1S/C21H26N4O4/c1-29-21-23-12-16(13-24-21)15(11-19(27)28)10-18(26)5-3-2-4-17-7-6-14-8-9-22-20(14)25-17/h6-7,12-13,15H,2-5,8-11H2,1H3,(H,22,25)(H,27,28)/t15-/m0/s1. The van der Waals surface area contributed by atoms with Gasteiger partial charge in [0.2, 0.25) is 0 Å². The predicted octanol–water partition coefficient (Wildman–Crippen LogP) is 2.78. The summed E-state index contributed by atoms with van der Waals surface area (Å²) in [6.07, 6.45) is 6.99. The van der Waals surface area contributed by atoms with Crippen LogP contribution in [0.5, 0.6) is 6.01 Å². The summed E-state index contributed by atoms with van der Waals surface area (Å²) in [5.74, 6) is -0.349. The van der Waals surface area contributed by atoms with Crippen LogP contribution in [0.2, 0.25) is 0 Å². The molecule has 3 heterocycles. The number of aromatic nitrogens is 3. The Morgan fingerprint density at radius 1 is 1.21 bits per heavy atom. The minimum Gasteiger partial charge on any atom is -0.481 e. The van der Waals surface area contributed by atoms with Crippen molar-refractivity contribution in [2.45, 2.75) is 50.9 Å². The van der Waals surface area contributed by atoms with Crippen molar-refractivity contribution in [2.75, 3.05) is 19.0 Å². The van der Waals surface area contributed by atoms with Gasteiger partial charge in [-0.1, -0.05) is 6.07 Å². The number of carbonyl (C=O) groups is 2. The van der Waals surface area contributed by atoms with Crippen LogP contribution in [-0.2, 0) is 22.4 Å². The van der Waals surface area contributed by atoms with Gasteiger partial charge in [-0.15, -0.1) is 0 Å². The van der Waals surface area contributed by atoms with Crippen molar-refractivity contribution in [3.63, 3.8) is 0 Å². The Hall–Kier alpha value is -3.03. The van der Waals surface area contributed by atoms with Crippen molar-refractivity contribution in [3.05, 3.63) is 41.3 Å². The smallest absolute Gasteiger partial charge is 0.316 e. The van der Waals surface area contributed by atoms with Crippen LogP contribution in [0.4, 0.5) is 5.82 Å². The summed E-state index contributed by atoms with van der Waals surface area (Å²) in [5, 5.41) is 12.5. The first-order valence-corrected chi connectivity index (χ1v) is 9.87. The highest BCUT2D eigenvalue weighted by molar-refractivity contribution is 5.80. The summed E-state index contributed by atoms with van der Waals surface area (Å²) in [5.41, 5.74) is 2.93. The molecule has 8 heteroatoms. The number of unbranched alkanes of at least 4 members (excludes halogenated alkanes) is 1. The van der Waals surface area contributed by atoms with E-state index in [2.05, 4.69) is 32.4 Å². The molecule has 1 aliphatic rings. The number of nitrogens with zero attached hydrogens (tertiary/aromatic N) is 3. The predicted molar refractivity (Wildman–Crippen MR) is 107 cm³/mol. The molecule has 154 valence electrons. The van der Waals surface area contributed by atoms with E-state index in [9.17, 15) is 14.7 Å². The number of fused-ring (bicyclic) bond motifs is 1. The number of hydrogen-bond donors (Lipinski definition) is 2. The van der Waals surface area contributed by atoms with E-state index < -0.39 is 11.9 Å². The number of pyridine rings is 1. The number of Topliss-reactive ketones (excluding diaryl/α,β-unsaturated/α-hetero) is 1. The van der Waals surface area contributed by atoms with Crippen LogP contribution in [0.3, 0.4) is 0 Å². The number of nitrogens with one attached hydrogen (secondary N) is 1. The molecule has 0 saturated heterocycles. The molecule has 0 fully saturated rings. The van der Waals surface area contributed by atoms with E-state index in [1.165, 1.54) is 25.1 Å². The molecular weight excluding hydrogens is 372 g/mol. The number of ketones is 1. The molecule has 0 bridgehead atoms. The van der Waals surface area contributed by atoms with Crippen LogP contribution in [0.1, 0.15) is 54.8 Å². The van der Waals surface area contributed by atoms with Gasteiger partial charge in [-0.2, -0.15) is 0 Å². The number of aliphatic carboxylic acids is 1. The maximum absolute atomic E-state index is 12.4. The molecule has 2 N–H and O–H groups in total. The lowest BCUT2D eigenvalue weighted by Crippen LogP contribution is -2.12. The number of aryl methyl sites for hydroxylation is 1. The highest BCUT2D eigenvalue weighted by Gasteiger charge is 2.20. The Balaban J connectivity index is 1.47. The third-order valence-electron chi connectivity index (χ3n) is 5.06. The summed E-state index contributed by atoms with van der Waals surface area (Å²) in [6.45, 7) is 0.942. The van der Waals surface area contributed by atoms with Crippen LogP contribution < -0.4 is 10.1 Å². The Labute approximate surface area is 169 Å². The molecule has 2 aromatic heterocycles. The van der Waals surface area contributed by atoms with E-state index in [1.54, 1.807) is 0 Å². The quantitative estimate of drug-likeness (QED) is 0.555. The van der Waals surface area contributed by atoms with Crippen LogP contribution in [-0.4, -0.2) is 45.5 Å². The number of carboxylic acid groups (broad SMARTS) is 1. The van der Waals surface area contributed by atoms with Crippen molar-refractivity contribution >= 4 is 17.6 Å². The molecule has 0 amide bonds. The van der Waals surface area contributed by atoms with Crippen LogP contribution in [0, 0.1) is 0 Å². The molecule has 0 saturated carbocycles. The molecular formula is C21H26N4O4. The fourth-order valence-electron chi connectivity index (χ4n) is 3.50. The first kappa shape index (κ1) is 20.7. The topological polar surface area (TPSA) is 114 Å². The second-order valence-corrected chi connectivity index (χ2v) is 7.23. The van der Waals surface area contributed by atoms with Gasteiger partial charge in [0.25, 0.3) is 0 Å². The van der Waals surface area contributed by atoms with Gasteiger partial charge in [0.15, 0.2) is 0 Å². The first-order valence-electron chi connectivity index (χ1n) is 9.87. The number of hydrogen-bond acceptors (Lipinski definition) is 7. The Morgan fingerprint density at radius 3 is 2.72 bits per heavy atom. The van der Waals surface area contributed by atoms with E-state index in [-0.39, 0.29) is 24.6 Å². The average molecular weight is 398 g/mol. The van der Waals surface area contributed by atoms with Gasteiger partial charge in [-0.25, -0.2) is 15.0 Å². The summed E-state index contributed by atoms with van der Waals surface area (Å²) >= 11 is 0. The Kier molecular flexibility index (Phi) is 7.10. The van der Waals surface area contributed by atoms with Gasteiger partial charge in [0, 0.05) is 43.4 Å². The molecule has 0 unspecified atom stereocenters. The molecule has 1 aliphatic heterocycles. The van der Waals surface area contributed by atoms with E-state index >= 15 is 0 Å². The highest BCUT2D eigenvalue weighted by atomic mass is 16.5. The molecule has 8 nitrogen and oxygen atoms in total. The SMILES string of the molecule is COc1ncc([C@H](CC(=O)O)CC(=O)CCCCc2ccc3c(n2)NCC3)cn1. The zero-order chi connectivity index (χ0) is 20.6. The number of carboxylic acids is 1. The third kappa shape index (κ3) is 5.97. The zero-order valence-corrected chi connectivity index (χ0v) is 16.6. The second kappa shape index (κ2) is 9.95. The number of rotatable bonds is 11. The fourth-order valence-corrected chi connectivity index (χ4v) is 3.50. The van der Waals surface area contributed by atoms with Gasteiger partial charge in [-0.05, 0) is 42.9 Å². The van der Waals surface area contributed by atoms with E-state index in [4.69, 9.17) is 4.74 Å². The van der Waals surface area contributed by atoms with Crippen molar-refractivity contribution in [1.82, 2.24) is 15.0 Å². The average Bonchev–Trinajstić information content (AvgIpc) is 3.18. The Bertz CT molecular complexity index is 854. The molecule has 3 rings (SSSR count). The van der Waals surface area contributed by atoms with Crippen molar-refractivity contribution in [1.29, 1.82) is 0 Å². The van der Waals surface area contributed by atoms with Crippen molar-refractivity contribution in [2.24, 2.45) is 0 Å². The van der Waals surface area contributed by atoms with Gasteiger partial charge < -0.3 is 15.2 Å². The summed E-state index contributed by atoms with van der Waals surface area (Å²) in [7, 11) is 1.46. The lowest BCUT2D eigenvalue weighted by molar-refractivity contribution is -0.137. The lowest BCUT2D eigenvalue weighted by atomic mass is 9.91. The molecule has 0 aromatic carbocycles. The number of carbonyl (C=O) groups excluding carboxylic acids is 1.